The average Bonchev–Trinajstić information content (AvgIpc) is 3.28. The first kappa shape index (κ1) is 23.8. The van der Waals surface area contributed by atoms with Crippen molar-refractivity contribution in [2.45, 2.75) is 52.2 Å². The van der Waals surface area contributed by atoms with Crippen LogP contribution in [0.3, 0.4) is 0 Å². The summed E-state index contributed by atoms with van der Waals surface area (Å²) in [4.78, 5) is 48.2. The second-order valence-corrected chi connectivity index (χ2v) is 7.84. The molecule has 10 heteroatoms. The van der Waals surface area contributed by atoms with Crippen molar-refractivity contribution in [3.8, 4) is 0 Å². The summed E-state index contributed by atoms with van der Waals surface area (Å²) in [5, 5.41) is -0.0380. The second kappa shape index (κ2) is 10.2. The minimum absolute atomic E-state index is 0. The SMILES string of the molecule is CCCCCn1c(=O)n(CCCN2Cc3ccccc3C2=O)c(=O)c2[n-]c(Cl)nc21.[Na+]. The van der Waals surface area contributed by atoms with Crippen molar-refractivity contribution in [2.75, 3.05) is 6.54 Å². The molecule has 0 fully saturated rings. The summed E-state index contributed by atoms with van der Waals surface area (Å²) in [6.45, 7) is 3.75. The maximum atomic E-state index is 13.0. The molecule has 1 aromatic carbocycles. The molecule has 0 aliphatic carbocycles. The molecule has 0 saturated heterocycles. The summed E-state index contributed by atoms with van der Waals surface area (Å²) in [7, 11) is 0. The van der Waals surface area contributed by atoms with Gasteiger partial charge in [-0.25, -0.2) is 4.79 Å². The van der Waals surface area contributed by atoms with Crippen molar-refractivity contribution in [3.05, 3.63) is 61.5 Å². The fraction of sp³-hybridized carbons (Fsp3) is 0.429. The monoisotopic (exact) mass is 451 g/mol. The van der Waals surface area contributed by atoms with E-state index in [2.05, 4.69) is 16.9 Å². The second-order valence-electron chi connectivity index (χ2n) is 7.50. The first-order valence-corrected chi connectivity index (χ1v) is 10.6. The summed E-state index contributed by atoms with van der Waals surface area (Å²) < 4.78 is 2.68. The Morgan fingerprint density at radius 3 is 2.52 bits per heavy atom. The molecule has 1 amide bonds. The number of rotatable bonds is 8. The molecule has 4 rings (SSSR count). The molecule has 158 valence electrons. The van der Waals surface area contributed by atoms with Crippen LogP contribution in [0.4, 0.5) is 0 Å². The predicted molar refractivity (Wildman–Crippen MR) is 114 cm³/mol. The van der Waals surface area contributed by atoms with Crippen molar-refractivity contribution in [2.24, 2.45) is 0 Å². The first-order chi connectivity index (χ1) is 14.5. The van der Waals surface area contributed by atoms with E-state index < -0.39 is 11.2 Å². The predicted octanol–water partition coefficient (Wildman–Crippen LogP) is -0.591. The van der Waals surface area contributed by atoms with E-state index in [0.29, 0.717) is 26.1 Å². The Kier molecular flexibility index (Phi) is 7.80. The van der Waals surface area contributed by atoms with Crippen LogP contribution in [0, 0.1) is 0 Å². The van der Waals surface area contributed by atoms with Gasteiger partial charge in [0.1, 0.15) is 0 Å². The number of unbranched alkanes of at least 4 members (excludes halogenated alkanes) is 2. The number of imidazole rings is 1. The Bertz CT molecular complexity index is 1220. The summed E-state index contributed by atoms with van der Waals surface area (Å²) in [5.41, 5.74) is 1.18. The van der Waals surface area contributed by atoms with Crippen LogP contribution in [-0.2, 0) is 19.6 Å². The largest absolute Gasteiger partial charge is 1.00 e. The van der Waals surface area contributed by atoms with Gasteiger partial charge in [0.25, 0.3) is 11.5 Å². The fourth-order valence-corrected chi connectivity index (χ4v) is 4.09. The molecule has 2 aromatic heterocycles. The van der Waals surface area contributed by atoms with Crippen LogP contribution in [-0.4, -0.2) is 31.5 Å². The van der Waals surface area contributed by atoms with Gasteiger partial charge in [0.15, 0.2) is 0 Å². The van der Waals surface area contributed by atoms with Crippen LogP contribution in [0.2, 0.25) is 5.28 Å². The van der Waals surface area contributed by atoms with Crippen LogP contribution in [0.15, 0.2) is 33.9 Å². The topological polar surface area (TPSA) is 91.3 Å². The Labute approximate surface area is 206 Å². The maximum absolute atomic E-state index is 13.0. The van der Waals surface area contributed by atoms with Crippen molar-refractivity contribution in [1.82, 2.24) is 24.0 Å². The van der Waals surface area contributed by atoms with E-state index in [1.54, 1.807) is 4.90 Å². The fourth-order valence-electron chi connectivity index (χ4n) is 3.92. The summed E-state index contributed by atoms with van der Waals surface area (Å²) in [5.74, 6) is -0.0148. The zero-order valence-electron chi connectivity index (χ0n) is 17.8. The van der Waals surface area contributed by atoms with E-state index in [0.717, 1.165) is 30.4 Å². The molecule has 0 unspecified atom stereocenters. The first-order valence-electron chi connectivity index (χ1n) is 10.2. The molecule has 0 N–H and O–H groups in total. The number of hydrogen-bond donors (Lipinski definition) is 0. The number of halogens is 1. The van der Waals surface area contributed by atoms with Gasteiger partial charge in [-0.05, 0) is 24.5 Å². The minimum Gasteiger partial charge on any atom is -0.420 e. The standard InChI is InChI=1S/C21H24ClN5O3.Na/c1-2-3-6-11-26-17-16(23-20(22)24-17)19(29)27(21(26)30)12-7-10-25-13-14-8-4-5-9-15(14)18(25)28;/h4-5,8-9H,2-3,6-7,10-13H2,1H3,(H,23,24,29);/q;+1/p-1. The molecule has 0 bridgehead atoms. The minimum atomic E-state index is -0.489. The summed E-state index contributed by atoms with van der Waals surface area (Å²) >= 11 is 5.91. The average molecular weight is 452 g/mol. The van der Waals surface area contributed by atoms with Gasteiger partial charge in [0, 0.05) is 48.2 Å². The molecular weight excluding hydrogens is 429 g/mol. The van der Waals surface area contributed by atoms with Crippen LogP contribution in [0.25, 0.3) is 11.2 Å². The molecule has 0 saturated carbocycles. The molecular formula is C21H23ClN5NaO3. The zero-order valence-corrected chi connectivity index (χ0v) is 20.6. The van der Waals surface area contributed by atoms with Gasteiger partial charge in [0.2, 0.25) is 0 Å². The third-order valence-corrected chi connectivity index (χ3v) is 5.64. The number of nitrogens with zero attached hydrogens (tertiary/aromatic N) is 5. The quantitative estimate of drug-likeness (QED) is 0.259. The molecule has 3 heterocycles. The van der Waals surface area contributed by atoms with Crippen molar-refractivity contribution < 1.29 is 34.4 Å². The van der Waals surface area contributed by atoms with Crippen LogP contribution >= 0.6 is 11.6 Å². The zero-order chi connectivity index (χ0) is 21.3. The number of amides is 1. The van der Waals surface area contributed by atoms with E-state index in [1.807, 2.05) is 24.3 Å². The Hall–Kier alpha value is -1.87. The Balaban J connectivity index is 0.00000272. The van der Waals surface area contributed by atoms with Gasteiger partial charge in [-0.1, -0.05) is 49.6 Å². The van der Waals surface area contributed by atoms with Gasteiger partial charge >= 0.3 is 35.2 Å². The molecule has 3 aromatic rings. The molecule has 31 heavy (non-hydrogen) atoms. The van der Waals surface area contributed by atoms with Crippen molar-refractivity contribution >= 4 is 28.7 Å². The van der Waals surface area contributed by atoms with E-state index in [4.69, 9.17) is 11.6 Å². The number of carbonyl (C=O) groups is 1. The smallest absolute Gasteiger partial charge is 0.420 e. The third kappa shape index (κ3) is 4.67. The molecule has 0 atom stereocenters. The molecule has 1 aliphatic rings. The van der Waals surface area contributed by atoms with Crippen molar-refractivity contribution in [3.63, 3.8) is 0 Å². The number of aromatic nitrogens is 4. The number of hydrogen-bond acceptors (Lipinski definition) is 4. The molecule has 1 aliphatic heterocycles. The van der Waals surface area contributed by atoms with Gasteiger partial charge in [0.05, 0.1) is 0 Å². The number of benzene rings is 1. The summed E-state index contributed by atoms with van der Waals surface area (Å²) in [6.07, 6.45) is 3.26. The molecule has 0 spiro atoms. The molecule has 8 nitrogen and oxygen atoms in total. The van der Waals surface area contributed by atoms with Gasteiger partial charge < -0.3 is 14.9 Å². The summed E-state index contributed by atoms with van der Waals surface area (Å²) in [6, 6.07) is 7.53. The number of fused-ring (bicyclic) bond motifs is 2. The molecule has 0 radical (unpaired) electrons. The van der Waals surface area contributed by atoms with E-state index >= 15 is 0 Å². The van der Waals surface area contributed by atoms with Gasteiger partial charge in [-0.2, -0.15) is 0 Å². The Morgan fingerprint density at radius 1 is 1.03 bits per heavy atom. The van der Waals surface area contributed by atoms with Crippen LogP contribution in [0.1, 0.15) is 48.5 Å². The number of aryl methyl sites for hydroxylation is 1. The maximum Gasteiger partial charge on any atom is 1.00 e. The van der Waals surface area contributed by atoms with E-state index in [1.165, 1.54) is 9.13 Å². The normalized spacial score (nSPS) is 13.0. The van der Waals surface area contributed by atoms with Crippen LogP contribution in [0.5, 0.6) is 0 Å². The van der Waals surface area contributed by atoms with Gasteiger partial charge in [-0.3, -0.25) is 18.7 Å². The Morgan fingerprint density at radius 2 is 1.77 bits per heavy atom. The van der Waals surface area contributed by atoms with E-state index in [9.17, 15) is 14.4 Å². The number of carbonyl (C=O) groups excluding carboxylic acids is 1. The van der Waals surface area contributed by atoms with Crippen molar-refractivity contribution in [1.29, 1.82) is 0 Å². The van der Waals surface area contributed by atoms with Crippen LogP contribution < -0.4 is 45.8 Å². The van der Waals surface area contributed by atoms with E-state index in [-0.39, 0.29) is 58.5 Å². The third-order valence-electron chi connectivity index (χ3n) is 5.47. The van der Waals surface area contributed by atoms with Gasteiger partial charge in [-0.15, -0.1) is 0 Å².